The normalized spacial score (nSPS) is 13.1. The van der Waals surface area contributed by atoms with E-state index in [0.29, 0.717) is 6.04 Å². The van der Waals surface area contributed by atoms with Crippen LogP contribution < -0.4 is 5.32 Å². The Kier molecular flexibility index (Phi) is 5.75. The van der Waals surface area contributed by atoms with Crippen molar-refractivity contribution in [2.75, 3.05) is 7.05 Å². The molecule has 1 unspecified atom stereocenters. The molecule has 0 radical (unpaired) electrons. The summed E-state index contributed by atoms with van der Waals surface area (Å²) in [5, 5.41) is 7.77. The van der Waals surface area contributed by atoms with Gasteiger partial charge >= 0.3 is 0 Å². The summed E-state index contributed by atoms with van der Waals surface area (Å²) in [5.74, 6) is 0. The first-order valence-corrected chi connectivity index (χ1v) is 6.89. The molecule has 0 saturated heterocycles. The van der Waals surface area contributed by atoms with Crippen LogP contribution in [-0.2, 0) is 6.42 Å². The zero-order chi connectivity index (χ0) is 10.4. The quantitative estimate of drug-likeness (QED) is 0.832. The van der Waals surface area contributed by atoms with E-state index in [4.69, 9.17) is 0 Å². The van der Waals surface area contributed by atoms with Crippen molar-refractivity contribution >= 4 is 27.3 Å². The molecule has 0 fully saturated rings. The van der Waals surface area contributed by atoms with Crippen molar-refractivity contribution in [3.8, 4) is 0 Å². The number of nitrogens with one attached hydrogen (secondary N) is 1. The third-order valence-electron chi connectivity index (χ3n) is 2.50. The Labute approximate surface area is 99.0 Å². The van der Waals surface area contributed by atoms with Gasteiger partial charge in [-0.05, 0) is 53.2 Å². The van der Waals surface area contributed by atoms with Gasteiger partial charge in [-0.2, -0.15) is 11.3 Å². The average Bonchev–Trinajstić information content (AvgIpc) is 2.59. The number of halogens is 1. The van der Waals surface area contributed by atoms with E-state index < -0.39 is 0 Å². The van der Waals surface area contributed by atoms with Crippen molar-refractivity contribution in [1.29, 1.82) is 0 Å². The first-order valence-electron chi connectivity index (χ1n) is 5.15. The fourth-order valence-corrected chi connectivity index (χ4v) is 3.13. The van der Waals surface area contributed by atoms with Gasteiger partial charge in [0.15, 0.2) is 0 Å². The molecule has 0 aliphatic heterocycles. The molecule has 14 heavy (non-hydrogen) atoms. The first kappa shape index (κ1) is 12.2. The minimum Gasteiger partial charge on any atom is -0.317 e. The van der Waals surface area contributed by atoms with Crippen LogP contribution in [0.4, 0.5) is 0 Å². The summed E-state index contributed by atoms with van der Waals surface area (Å²) >= 11 is 5.34. The molecule has 3 heteroatoms. The Bertz CT molecular complexity index is 260. The second kappa shape index (κ2) is 6.59. The van der Waals surface area contributed by atoms with E-state index in [9.17, 15) is 0 Å². The van der Waals surface area contributed by atoms with Crippen LogP contribution in [0.1, 0.15) is 31.7 Å². The number of aryl methyl sites for hydroxylation is 1. The monoisotopic (exact) mass is 275 g/mol. The molecule has 1 nitrogen and oxygen atoms in total. The largest absolute Gasteiger partial charge is 0.317 e. The van der Waals surface area contributed by atoms with Gasteiger partial charge in [-0.3, -0.25) is 0 Å². The zero-order valence-corrected chi connectivity index (χ0v) is 11.2. The fourth-order valence-electron chi connectivity index (χ4n) is 1.60. The van der Waals surface area contributed by atoms with Gasteiger partial charge in [-0.1, -0.05) is 13.3 Å². The molecule has 0 amide bonds. The van der Waals surface area contributed by atoms with Crippen molar-refractivity contribution in [3.63, 3.8) is 0 Å². The van der Waals surface area contributed by atoms with Crippen LogP contribution in [0.2, 0.25) is 0 Å². The molecule has 0 aliphatic rings. The van der Waals surface area contributed by atoms with Gasteiger partial charge in [0.05, 0.1) is 0 Å². The number of hydrogen-bond acceptors (Lipinski definition) is 2. The first-order chi connectivity index (χ1) is 6.77. The minimum atomic E-state index is 0.673. The van der Waals surface area contributed by atoms with Gasteiger partial charge in [0.1, 0.15) is 0 Å². The highest BCUT2D eigenvalue weighted by atomic mass is 79.9. The third-order valence-corrected chi connectivity index (χ3v) is 4.33. The molecular formula is C11H18BrNS. The summed E-state index contributed by atoms with van der Waals surface area (Å²) in [5.41, 5.74) is 1.45. The second-order valence-electron chi connectivity index (χ2n) is 3.56. The van der Waals surface area contributed by atoms with E-state index >= 15 is 0 Å². The highest BCUT2D eigenvalue weighted by Gasteiger charge is 2.07. The van der Waals surface area contributed by atoms with Gasteiger partial charge in [0, 0.05) is 15.9 Å². The molecule has 80 valence electrons. The zero-order valence-electron chi connectivity index (χ0n) is 8.85. The predicted molar refractivity (Wildman–Crippen MR) is 68.1 cm³/mol. The molecule has 1 aromatic heterocycles. The van der Waals surface area contributed by atoms with Crippen LogP contribution in [0, 0.1) is 0 Å². The topological polar surface area (TPSA) is 12.0 Å². The van der Waals surface area contributed by atoms with Gasteiger partial charge in [0.25, 0.3) is 0 Å². The van der Waals surface area contributed by atoms with E-state index in [1.54, 1.807) is 11.3 Å². The van der Waals surface area contributed by atoms with Crippen molar-refractivity contribution in [2.45, 2.75) is 38.6 Å². The maximum absolute atomic E-state index is 3.57. The van der Waals surface area contributed by atoms with Crippen LogP contribution in [0.15, 0.2) is 15.2 Å². The van der Waals surface area contributed by atoms with Crippen LogP contribution in [0.5, 0.6) is 0 Å². The van der Waals surface area contributed by atoms with Gasteiger partial charge in [-0.15, -0.1) is 0 Å². The lowest BCUT2D eigenvalue weighted by atomic mass is 10.0. The molecule has 0 saturated carbocycles. The Morgan fingerprint density at radius 2 is 2.21 bits per heavy atom. The summed E-state index contributed by atoms with van der Waals surface area (Å²) in [6, 6.07) is 0.673. The van der Waals surface area contributed by atoms with Gasteiger partial charge < -0.3 is 5.32 Å². The lowest BCUT2D eigenvalue weighted by molar-refractivity contribution is 0.484. The number of hydrogen-bond donors (Lipinski definition) is 1. The average molecular weight is 276 g/mol. The lowest BCUT2D eigenvalue weighted by Crippen LogP contribution is -2.25. The number of rotatable bonds is 6. The van der Waals surface area contributed by atoms with Crippen LogP contribution in [-0.4, -0.2) is 13.1 Å². The molecule has 1 N–H and O–H groups in total. The summed E-state index contributed by atoms with van der Waals surface area (Å²) in [7, 11) is 2.06. The smallest absolute Gasteiger partial charge is 0.0314 e. The van der Waals surface area contributed by atoms with E-state index in [1.807, 2.05) is 0 Å². The highest BCUT2D eigenvalue weighted by molar-refractivity contribution is 9.10. The van der Waals surface area contributed by atoms with Crippen LogP contribution in [0.3, 0.4) is 0 Å². The molecule has 1 atom stereocenters. The molecule has 0 spiro atoms. The molecule has 1 aromatic rings. The van der Waals surface area contributed by atoms with Crippen molar-refractivity contribution in [3.05, 3.63) is 20.8 Å². The lowest BCUT2D eigenvalue weighted by Gasteiger charge is -2.14. The number of thiophene rings is 1. The Morgan fingerprint density at radius 1 is 1.43 bits per heavy atom. The summed E-state index contributed by atoms with van der Waals surface area (Å²) < 4.78 is 1.27. The second-order valence-corrected chi connectivity index (χ2v) is 5.16. The maximum Gasteiger partial charge on any atom is 0.0314 e. The molecule has 1 rings (SSSR count). The van der Waals surface area contributed by atoms with Crippen molar-refractivity contribution in [2.24, 2.45) is 0 Å². The molecule has 0 bridgehead atoms. The molecular weight excluding hydrogens is 258 g/mol. The van der Waals surface area contributed by atoms with Crippen molar-refractivity contribution < 1.29 is 0 Å². The minimum absolute atomic E-state index is 0.673. The Balaban J connectivity index is 2.35. The fraction of sp³-hybridized carbons (Fsp3) is 0.636. The Morgan fingerprint density at radius 3 is 2.71 bits per heavy atom. The van der Waals surface area contributed by atoms with E-state index in [1.165, 1.54) is 35.7 Å². The van der Waals surface area contributed by atoms with E-state index in [-0.39, 0.29) is 0 Å². The van der Waals surface area contributed by atoms with E-state index in [2.05, 4.69) is 46.0 Å². The van der Waals surface area contributed by atoms with Gasteiger partial charge in [0.2, 0.25) is 0 Å². The Hall–Kier alpha value is 0.140. The van der Waals surface area contributed by atoms with Crippen LogP contribution in [0.25, 0.3) is 0 Å². The maximum atomic E-state index is 3.57. The summed E-state index contributed by atoms with van der Waals surface area (Å²) in [6.07, 6.45) is 4.95. The van der Waals surface area contributed by atoms with Crippen molar-refractivity contribution in [1.82, 2.24) is 5.32 Å². The third kappa shape index (κ3) is 3.71. The standard InChI is InChI=1S/C11H18BrNS/c1-3-4-10(13-2)6-5-9-7-14-8-11(9)12/h7-8,10,13H,3-6H2,1-2H3. The van der Waals surface area contributed by atoms with Gasteiger partial charge in [-0.25, -0.2) is 0 Å². The predicted octanol–water partition coefficient (Wildman–Crippen LogP) is 3.83. The summed E-state index contributed by atoms with van der Waals surface area (Å²) in [6.45, 7) is 2.24. The summed E-state index contributed by atoms with van der Waals surface area (Å²) in [4.78, 5) is 0. The molecule has 1 heterocycles. The highest BCUT2D eigenvalue weighted by Crippen LogP contribution is 2.23. The SMILES string of the molecule is CCCC(CCc1cscc1Br)NC. The van der Waals surface area contributed by atoms with Crippen LogP contribution >= 0.6 is 27.3 Å². The molecule has 0 aromatic carbocycles. The molecule has 0 aliphatic carbocycles. The van der Waals surface area contributed by atoms with E-state index in [0.717, 1.165) is 0 Å².